The standard InChI is InChI=1S/C15H14Cl2FNO/c1-9(10-2-4-13(18)5-3-10)19-8-11-6-12(16)7-14(17)15(11)20/h2-7,9,19-20H,8H2,1H3/t9-/m0/s1. The lowest BCUT2D eigenvalue weighted by molar-refractivity contribution is 0.460. The molecule has 0 aliphatic carbocycles. The summed E-state index contributed by atoms with van der Waals surface area (Å²) < 4.78 is 12.9. The van der Waals surface area contributed by atoms with Gasteiger partial charge in [-0.15, -0.1) is 0 Å². The fourth-order valence-corrected chi connectivity index (χ4v) is 2.42. The highest BCUT2D eigenvalue weighted by Gasteiger charge is 2.10. The van der Waals surface area contributed by atoms with E-state index in [2.05, 4.69) is 5.32 Å². The summed E-state index contributed by atoms with van der Waals surface area (Å²) in [6.45, 7) is 2.36. The zero-order valence-electron chi connectivity index (χ0n) is 10.8. The average Bonchev–Trinajstić information content (AvgIpc) is 2.41. The molecule has 2 nitrogen and oxygen atoms in total. The third-order valence-electron chi connectivity index (χ3n) is 3.08. The van der Waals surface area contributed by atoms with Crippen molar-refractivity contribution in [1.29, 1.82) is 0 Å². The summed E-state index contributed by atoms with van der Waals surface area (Å²) in [6, 6.07) is 9.43. The van der Waals surface area contributed by atoms with Crippen LogP contribution < -0.4 is 5.32 Å². The van der Waals surface area contributed by atoms with Gasteiger partial charge in [0.05, 0.1) is 5.02 Å². The number of phenolic OH excluding ortho intramolecular Hbond substituents is 1. The van der Waals surface area contributed by atoms with E-state index >= 15 is 0 Å². The van der Waals surface area contributed by atoms with Gasteiger partial charge in [0.1, 0.15) is 11.6 Å². The van der Waals surface area contributed by atoms with Crippen LogP contribution in [0.4, 0.5) is 4.39 Å². The second kappa shape index (κ2) is 6.44. The Morgan fingerprint density at radius 2 is 1.85 bits per heavy atom. The minimum absolute atomic E-state index is 0.00718. The van der Waals surface area contributed by atoms with E-state index in [1.165, 1.54) is 18.2 Å². The first-order valence-electron chi connectivity index (χ1n) is 6.13. The predicted octanol–water partition coefficient (Wildman–Crippen LogP) is 4.69. The highest BCUT2D eigenvalue weighted by Crippen LogP contribution is 2.31. The van der Waals surface area contributed by atoms with Crippen molar-refractivity contribution in [1.82, 2.24) is 5.32 Å². The van der Waals surface area contributed by atoms with Gasteiger partial charge in [-0.1, -0.05) is 35.3 Å². The Bertz CT molecular complexity index is 602. The van der Waals surface area contributed by atoms with Crippen molar-refractivity contribution >= 4 is 23.2 Å². The van der Waals surface area contributed by atoms with Crippen LogP contribution in [0.1, 0.15) is 24.1 Å². The first-order valence-corrected chi connectivity index (χ1v) is 6.88. The Hall–Kier alpha value is -1.29. The summed E-state index contributed by atoms with van der Waals surface area (Å²) in [5.74, 6) is -0.241. The minimum Gasteiger partial charge on any atom is -0.506 e. The smallest absolute Gasteiger partial charge is 0.138 e. The summed E-state index contributed by atoms with van der Waals surface area (Å²) in [5.41, 5.74) is 1.58. The number of benzene rings is 2. The zero-order valence-corrected chi connectivity index (χ0v) is 12.3. The van der Waals surface area contributed by atoms with E-state index in [1.54, 1.807) is 18.2 Å². The lowest BCUT2D eigenvalue weighted by Gasteiger charge is -2.15. The highest BCUT2D eigenvalue weighted by molar-refractivity contribution is 6.35. The summed E-state index contributed by atoms with van der Waals surface area (Å²) in [6.07, 6.45) is 0. The largest absolute Gasteiger partial charge is 0.506 e. The van der Waals surface area contributed by atoms with Crippen LogP contribution in [0, 0.1) is 5.82 Å². The molecule has 2 aromatic rings. The van der Waals surface area contributed by atoms with Gasteiger partial charge in [0.2, 0.25) is 0 Å². The van der Waals surface area contributed by atoms with E-state index in [9.17, 15) is 9.50 Å². The van der Waals surface area contributed by atoms with Gasteiger partial charge in [-0.05, 0) is 36.8 Å². The molecule has 0 amide bonds. The number of nitrogens with one attached hydrogen (secondary N) is 1. The normalized spacial score (nSPS) is 12.4. The first-order chi connectivity index (χ1) is 9.47. The molecule has 2 N–H and O–H groups in total. The first kappa shape index (κ1) is 15.1. The number of halogens is 3. The molecule has 0 fully saturated rings. The molecule has 0 heterocycles. The lowest BCUT2D eigenvalue weighted by atomic mass is 10.1. The van der Waals surface area contributed by atoms with Crippen molar-refractivity contribution in [2.75, 3.05) is 0 Å². The number of rotatable bonds is 4. The molecular formula is C15H14Cl2FNO. The van der Waals surface area contributed by atoms with Crippen LogP contribution in [-0.2, 0) is 6.54 Å². The summed E-state index contributed by atoms with van der Waals surface area (Å²) >= 11 is 11.8. The molecule has 5 heteroatoms. The van der Waals surface area contributed by atoms with Gasteiger partial charge < -0.3 is 10.4 Å². The Labute approximate surface area is 127 Å². The number of hydrogen-bond donors (Lipinski definition) is 2. The van der Waals surface area contributed by atoms with Crippen LogP contribution in [0.15, 0.2) is 36.4 Å². The maximum absolute atomic E-state index is 12.9. The van der Waals surface area contributed by atoms with Crippen LogP contribution >= 0.6 is 23.2 Å². The fourth-order valence-electron chi connectivity index (χ4n) is 1.89. The Morgan fingerprint density at radius 1 is 1.20 bits per heavy atom. The molecule has 106 valence electrons. The van der Waals surface area contributed by atoms with Crippen LogP contribution in [0.5, 0.6) is 5.75 Å². The molecule has 2 rings (SSSR count). The van der Waals surface area contributed by atoms with Crippen molar-refractivity contribution in [3.63, 3.8) is 0 Å². The molecule has 1 atom stereocenters. The van der Waals surface area contributed by atoms with E-state index < -0.39 is 0 Å². The molecule has 0 aromatic heterocycles. The molecule has 0 radical (unpaired) electrons. The molecule has 0 aliphatic heterocycles. The highest BCUT2D eigenvalue weighted by atomic mass is 35.5. The second-order valence-electron chi connectivity index (χ2n) is 4.55. The minimum atomic E-state index is -0.264. The topological polar surface area (TPSA) is 32.3 Å². The van der Waals surface area contributed by atoms with Gasteiger partial charge in [-0.25, -0.2) is 4.39 Å². The molecule has 0 aliphatic rings. The van der Waals surface area contributed by atoms with Gasteiger partial charge in [0.25, 0.3) is 0 Å². The van der Waals surface area contributed by atoms with Gasteiger partial charge >= 0.3 is 0 Å². The van der Waals surface area contributed by atoms with E-state index in [4.69, 9.17) is 23.2 Å². The summed E-state index contributed by atoms with van der Waals surface area (Å²) in [5, 5.41) is 13.8. The molecular weight excluding hydrogens is 300 g/mol. The van der Waals surface area contributed by atoms with Crippen LogP contribution in [0.3, 0.4) is 0 Å². The molecule has 2 aromatic carbocycles. The third kappa shape index (κ3) is 3.63. The Balaban J connectivity index is 2.07. The van der Waals surface area contributed by atoms with Gasteiger partial charge in [0.15, 0.2) is 0 Å². The van der Waals surface area contributed by atoms with E-state index in [0.717, 1.165) is 5.56 Å². The van der Waals surface area contributed by atoms with Gasteiger partial charge in [-0.2, -0.15) is 0 Å². The van der Waals surface area contributed by atoms with Crippen LogP contribution in [0.25, 0.3) is 0 Å². The van der Waals surface area contributed by atoms with E-state index in [-0.39, 0.29) is 22.6 Å². The maximum atomic E-state index is 12.9. The maximum Gasteiger partial charge on any atom is 0.138 e. The molecule has 0 bridgehead atoms. The number of hydrogen-bond acceptors (Lipinski definition) is 2. The average molecular weight is 314 g/mol. The van der Waals surface area contributed by atoms with E-state index in [1.807, 2.05) is 6.92 Å². The Morgan fingerprint density at radius 3 is 2.50 bits per heavy atom. The van der Waals surface area contributed by atoms with Crippen molar-refractivity contribution in [3.8, 4) is 5.75 Å². The van der Waals surface area contributed by atoms with Crippen molar-refractivity contribution < 1.29 is 9.50 Å². The number of phenols is 1. The Kier molecular flexibility index (Phi) is 4.86. The van der Waals surface area contributed by atoms with Gasteiger partial charge in [-0.3, -0.25) is 0 Å². The van der Waals surface area contributed by atoms with Crippen molar-refractivity contribution in [3.05, 3.63) is 63.4 Å². The third-order valence-corrected chi connectivity index (χ3v) is 3.58. The van der Waals surface area contributed by atoms with Gasteiger partial charge in [0, 0.05) is 23.2 Å². The summed E-state index contributed by atoms with van der Waals surface area (Å²) in [7, 11) is 0. The second-order valence-corrected chi connectivity index (χ2v) is 5.39. The zero-order chi connectivity index (χ0) is 14.7. The van der Waals surface area contributed by atoms with E-state index in [0.29, 0.717) is 17.1 Å². The van der Waals surface area contributed by atoms with Crippen molar-refractivity contribution in [2.24, 2.45) is 0 Å². The van der Waals surface area contributed by atoms with Crippen molar-refractivity contribution in [2.45, 2.75) is 19.5 Å². The molecule has 0 spiro atoms. The van der Waals surface area contributed by atoms with Crippen LogP contribution in [-0.4, -0.2) is 5.11 Å². The predicted molar refractivity (Wildman–Crippen MR) is 79.8 cm³/mol. The van der Waals surface area contributed by atoms with Crippen LogP contribution in [0.2, 0.25) is 10.0 Å². The fraction of sp³-hybridized carbons (Fsp3) is 0.200. The molecule has 20 heavy (non-hydrogen) atoms. The monoisotopic (exact) mass is 313 g/mol. The number of aromatic hydroxyl groups is 1. The quantitative estimate of drug-likeness (QED) is 0.858. The SMILES string of the molecule is C[C@H](NCc1cc(Cl)cc(Cl)c1O)c1ccc(F)cc1. The molecule has 0 saturated carbocycles. The molecule has 0 unspecified atom stereocenters. The molecule has 0 saturated heterocycles. The lowest BCUT2D eigenvalue weighted by Crippen LogP contribution is -2.18. The summed E-state index contributed by atoms with van der Waals surface area (Å²) in [4.78, 5) is 0.